The fraction of sp³-hybridized carbons (Fsp3) is 0.143. The van der Waals surface area contributed by atoms with Crippen molar-refractivity contribution in [2.75, 3.05) is 24.0 Å². The van der Waals surface area contributed by atoms with Gasteiger partial charge in [0.2, 0.25) is 0 Å². The van der Waals surface area contributed by atoms with Crippen LogP contribution in [0.1, 0.15) is 11.1 Å². The van der Waals surface area contributed by atoms with Crippen molar-refractivity contribution in [2.45, 2.75) is 23.0 Å². The van der Waals surface area contributed by atoms with Crippen molar-refractivity contribution in [1.82, 2.24) is 0 Å². The van der Waals surface area contributed by atoms with Crippen LogP contribution in [0.2, 0.25) is 0 Å². The Labute approximate surface area is 217 Å². The first-order chi connectivity index (χ1) is 17.2. The maximum atomic E-state index is 11.3. The number of sulfone groups is 1. The number of anilines is 2. The number of nitrogens with two attached hydrogens (primary N) is 2. The van der Waals surface area contributed by atoms with E-state index >= 15 is 0 Å². The topological polar surface area (TPSA) is 105 Å². The lowest BCUT2D eigenvalue weighted by Gasteiger charge is -2.07. The summed E-state index contributed by atoms with van der Waals surface area (Å²) in [5.41, 5.74) is 14.9. The van der Waals surface area contributed by atoms with Crippen LogP contribution >= 0.6 is 11.8 Å². The Bertz CT molecular complexity index is 1360. The lowest BCUT2D eigenvalue weighted by atomic mass is 10.2. The van der Waals surface area contributed by atoms with Crippen LogP contribution in [-0.2, 0) is 23.1 Å². The minimum absolute atomic E-state index is 0.281. The van der Waals surface area contributed by atoms with E-state index < -0.39 is 9.84 Å². The molecule has 0 saturated carbocycles. The first kappa shape index (κ1) is 27.0. The number of nitrogen functional groups attached to an aromatic ring is 2. The first-order valence-electron chi connectivity index (χ1n) is 11.1. The molecule has 188 valence electrons. The second-order valence-corrected chi connectivity index (χ2v) is 10.9. The molecule has 8 heteroatoms. The minimum Gasteiger partial charge on any atom is -0.489 e. The molecule has 0 amide bonds. The molecule has 0 saturated heterocycles. The molecule has 0 atom stereocenters. The molecular weight excluding hydrogens is 492 g/mol. The Kier molecular flexibility index (Phi) is 9.67. The zero-order valence-electron chi connectivity index (χ0n) is 20.3. The van der Waals surface area contributed by atoms with Crippen LogP contribution in [0.5, 0.6) is 11.5 Å². The highest BCUT2D eigenvalue weighted by atomic mass is 32.2. The van der Waals surface area contributed by atoms with Gasteiger partial charge in [-0.05, 0) is 90.2 Å². The second kappa shape index (κ2) is 12.9. The normalized spacial score (nSPS) is 10.7. The fourth-order valence-electron chi connectivity index (χ4n) is 3.15. The van der Waals surface area contributed by atoms with E-state index in [1.165, 1.54) is 23.3 Å². The van der Waals surface area contributed by atoms with Crippen molar-refractivity contribution in [3.05, 3.63) is 108 Å². The highest BCUT2D eigenvalue weighted by Gasteiger charge is 2.06. The zero-order valence-corrected chi connectivity index (χ0v) is 21.9. The lowest BCUT2D eigenvalue weighted by molar-refractivity contribution is 0.306. The Balaban J connectivity index is 0.000000202. The standard InChI is InChI=1S/C14H15NO3S.C14H15NOS/c1-19(16,17)14-7-5-13(6-8-14)18-10-11-3-2-4-12(15)9-11;1-17-14-7-5-13(6-8-14)16-10-11-3-2-4-12(15)9-11/h2-9H,10,15H2,1H3;2-9H,10,15H2,1H3. The summed E-state index contributed by atoms with van der Waals surface area (Å²) in [6.07, 6.45) is 3.23. The minimum atomic E-state index is -3.16. The summed E-state index contributed by atoms with van der Waals surface area (Å²) < 4.78 is 33.9. The molecule has 0 spiro atoms. The number of thioether (sulfide) groups is 1. The fourth-order valence-corrected chi connectivity index (χ4v) is 4.19. The molecule has 0 unspecified atom stereocenters. The van der Waals surface area contributed by atoms with E-state index in [2.05, 4.69) is 18.4 Å². The van der Waals surface area contributed by atoms with Crippen molar-refractivity contribution in [1.29, 1.82) is 0 Å². The van der Waals surface area contributed by atoms with Gasteiger partial charge >= 0.3 is 0 Å². The van der Waals surface area contributed by atoms with Gasteiger partial charge < -0.3 is 20.9 Å². The molecule has 4 N–H and O–H groups in total. The van der Waals surface area contributed by atoms with Crippen LogP contribution in [0.25, 0.3) is 0 Å². The largest absolute Gasteiger partial charge is 0.489 e. The summed E-state index contributed by atoms with van der Waals surface area (Å²) in [5.74, 6) is 1.50. The molecule has 0 aliphatic rings. The average Bonchev–Trinajstić information content (AvgIpc) is 2.87. The van der Waals surface area contributed by atoms with Crippen LogP contribution in [0.3, 0.4) is 0 Å². The maximum Gasteiger partial charge on any atom is 0.175 e. The van der Waals surface area contributed by atoms with Crippen LogP contribution in [0, 0.1) is 0 Å². The van der Waals surface area contributed by atoms with E-state index in [-0.39, 0.29) is 4.90 Å². The van der Waals surface area contributed by atoms with Crippen LogP contribution in [0.4, 0.5) is 11.4 Å². The summed E-state index contributed by atoms with van der Waals surface area (Å²) in [6, 6.07) is 29.6. The van der Waals surface area contributed by atoms with Gasteiger partial charge in [0.1, 0.15) is 24.7 Å². The first-order valence-corrected chi connectivity index (χ1v) is 14.2. The Morgan fingerprint density at radius 1 is 0.694 bits per heavy atom. The second-order valence-electron chi connectivity index (χ2n) is 7.99. The van der Waals surface area contributed by atoms with E-state index in [0.29, 0.717) is 24.7 Å². The average molecular weight is 523 g/mol. The molecule has 0 heterocycles. The number of rotatable bonds is 8. The molecule has 6 nitrogen and oxygen atoms in total. The van der Waals surface area contributed by atoms with Crippen molar-refractivity contribution in [3.63, 3.8) is 0 Å². The van der Waals surface area contributed by atoms with Crippen molar-refractivity contribution in [2.24, 2.45) is 0 Å². The van der Waals surface area contributed by atoms with Crippen molar-refractivity contribution >= 4 is 33.0 Å². The quantitative estimate of drug-likeness (QED) is 0.222. The molecule has 36 heavy (non-hydrogen) atoms. The number of hydrogen-bond acceptors (Lipinski definition) is 7. The Morgan fingerprint density at radius 3 is 1.53 bits per heavy atom. The summed E-state index contributed by atoms with van der Waals surface area (Å²) in [5, 5.41) is 0. The highest BCUT2D eigenvalue weighted by Crippen LogP contribution is 2.20. The Hall–Kier alpha value is -3.62. The number of hydrogen-bond donors (Lipinski definition) is 2. The van der Waals surface area contributed by atoms with Gasteiger partial charge in [0, 0.05) is 22.5 Å². The van der Waals surface area contributed by atoms with Crippen LogP contribution in [-0.4, -0.2) is 20.9 Å². The molecule has 0 fully saturated rings. The molecule has 0 aliphatic carbocycles. The van der Waals surface area contributed by atoms with Gasteiger partial charge in [-0.1, -0.05) is 24.3 Å². The van der Waals surface area contributed by atoms with Gasteiger partial charge in [0.05, 0.1) is 4.90 Å². The number of ether oxygens (including phenoxy) is 2. The summed E-state index contributed by atoms with van der Waals surface area (Å²) >= 11 is 1.72. The molecule has 0 aromatic heterocycles. The van der Waals surface area contributed by atoms with Gasteiger partial charge in [0.15, 0.2) is 9.84 Å². The van der Waals surface area contributed by atoms with E-state index in [1.54, 1.807) is 23.9 Å². The van der Waals surface area contributed by atoms with Gasteiger partial charge in [-0.2, -0.15) is 0 Å². The summed E-state index contributed by atoms with van der Waals surface area (Å²) in [7, 11) is -3.16. The van der Waals surface area contributed by atoms with Gasteiger partial charge in [0.25, 0.3) is 0 Å². The van der Waals surface area contributed by atoms with E-state index in [9.17, 15) is 8.42 Å². The monoisotopic (exact) mass is 522 g/mol. The zero-order chi connectivity index (χ0) is 26.0. The van der Waals surface area contributed by atoms with Crippen LogP contribution in [0.15, 0.2) is 107 Å². The third-order valence-corrected chi connectivity index (χ3v) is 6.90. The molecule has 0 bridgehead atoms. The molecule has 4 aromatic carbocycles. The van der Waals surface area contributed by atoms with Crippen molar-refractivity contribution in [3.8, 4) is 11.5 Å². The molecule has 0 aliphatic heterocycles. The SMILES string of the molecule is CS(=O)(=O)c1ccc(OCc2cccc(N)c2)cc1.CSc1ccc(OCc2cccc(N)c2)cc1. The van der Waals surface area contributed by atoms with Crippen molar-refractivity contribution < 1.29 is 17.9 Å². The van der Waals surface area contributed by atoms with E-state index in [1.807, 2.05) is 60.7 Å². The van der Waals surface area contributed by atoms with E-state index in [4.69, 9.17) is 20.9 Å². The highest BCUT2D eigenvalue weighted by molar-refractivity contribution is 7.98. The predicted molar refractivity (Wildman–Crippen MR) is 148 cm³/mol. The smallest absolute Gasteiger partial charge is 0.175 e. The van der Waals surface area contributed by atoms with Crippen LogP contribution < -0.4 is 20.9 Å². The molecule has 4 rings (SSSR count). The molecular formula is C28H30N2O4S2. The summed E-state index contributed by atoms with van der Waals surface area (Å²) in [6.45, 7) is 0.937. The van der Waals surface area contributed by atoms with E-state index in [0.717, 1.165) is 22.6 Å². The third kappa shape index (κ3) is 8.87. The predicted octanol–water partition coefficient (Wildman–Crippen LogP) is 5.82. The third-order valence-electron chi connectivity index (χ3n) is 5.02. The van der Waals surface area contributed by atoms with Gasteiger partial charge in [-0.25, -0.2) is 8.42 Å². The molecule has 0 radical (unpaired) electrons. The molecule has 4 aromatic rings. The number of benzene rings is 4. The van der Waals surface area contributed by atoms with Gasteiger partial charge in [-0.15, -0.1) is 11.8 Å². The lowest BCUT2D eigenvalue weighted by Crippen LogP contribution is -1.99. The Morgan fingerprint density at radius 2 is 1.14 bits per heavy atom. The van der Waals surface area contributed by atoms with Gasteiger partial charge in [-0.3, -0.25) is 0 Å². The summed E-state index contributed by atoms with van der Waals surface area (Å²) in [4.78, 5) is 1.52. The maximum absolute atomic E-state index is 11.3.